The van der Waals surface area contributed by atoms with Gasteiger partial charge in [-0.05, 0) is 95.2 Å². The summed E-state index contributed by atoms with van der Waals surface area (Å²) in [7, 11) is 3.30. The summed E-state index contributed by atoms with van der Waals surface area (Å²) >= 11 is 4.02. The van der Waals surface area contributed by atoms with Gasteiger partial charge in [0.05, 0.1) is 63.9 Å². The lowest BCUT2D eigenvalue weighted by atomic mass is 10.1. The molecule has 87 heavy (non-hydrogen) atoms. The first-order chi connectivity index (χ1) is 41.7. The molecule has 9 aromatic heterocycles. The molecule has 2 aliphatic heterocycles. The zero-order chi connectivity index (χ0) is 62.1. The van der Waals surface area contributed by atoms with Crippen LogP contribution in [0.4, 0.5) is 31.0 Å². The number of amides is 2. The second-order valence-corrected chi connectivity index (χ2v) is 24.9. The molecule has 5 atom stereocenters. The Labute approximate surface area is 511 Å². The highest BCUT2D eigenvalue weighted by atomic mass is 32.1. The van der Waals surface area contributed by atoms with Gasteiger partial charge in [0.15, 0.2) is 34.0 Å². The van der Waals surface area contributed by atoms with Crippen LogP contribution in [0.25, 0.3) is 31.0 Å². The van der Waals surface area contributed by atoms with E-state index in [1.165, 1.54) is 84.1 Å². The molecule has 2 amide bonds. The standard InChI is InChI=1S/2C19H21FN6O2S.C14H12FN5O2S.C6H12/c2*1-10(12-6-13(20)8-21-7-12)22-19-24-15(16-17(25-19)23-11(2)29-16)18(27)26-5-4-14(9-26)28-3;1-6(8-3-9(15)5-16-4-8)17-14-19-10(13(21)22)11-12(20-14)18-7(2)23-11;1-6-4-2-3-5-6/h2*6-8,10,14H,4-5,9H2,1-3H3,(H,22,24,25);3-6H,1-2H3,(H,21,22)(H,17,19,20);6H,2-5H2,1H3/t2*10-,14-;6-;/m000./s1. The lowest BCUT2D eigenvalue weighted by molar-refractivity contribution is 0.0690. The quantitative estimate of drug-likeness (QED) is 0.0787. The van der Waals surface area contributed by atoms with Crippen LogP contribution in [0.1, 0.15) is 148 Å². The molecule has 0 bridgehead atoms. The number of hydrogen-bond acceptors (Lipinski definition) is 23. The van der Waals surface area contributed by atoms with Crippen LogP contribution < -0.4 is 16.0 Å². The molecule has 12 rings (SSSR count). The number of carboxylic acids is 1. The first kappa shape index (κ1) is 63.4. The number of fused-ring (bicyclic) bond motifs is 3. The van der Waals surface area contributed by atoms with Crippen LogP contribution in [0, 0.1) is 44.1 Å². The number of anilines is 3. The van der Waals surface area contributed by atoms with Crippen molar-refractivity contribution in [2.75, 3.05) is 56.3 Å². The van der Waals surface area contributed by atoms with Crippen LogP contribution in [-0.4, -0.2) is 145 Å². The topological polar surface area (TPSA) is 287 Å². The lowest BCUT2D eigenvalue weighted by Crippen LogP contribution is -2.31. The number of carboxylic acid groups (broad SMARTS) is 1. The second-order valence-electron chi connectivity index (χ2n) is 21.2. The van der Waals surface area contributed by atoms with Gasteiger partial charge < -0.3 is 40.3 Å². The molecular weight excluding hydrogens is 1180 g/mol. The Hall–Kier alpha value is -8.12. The van der Waals surface area contributed by atoms with E-state index < -0.39 is 23.4 Å². The first-order valence-electron chi connectivity index (χ1n) is 28.2. The fraction of sp³-hybridized carbons (Fsp3) is 0.431. The molecule has 3 aliphatic rings. The van der Waals surface area contributed by atoms with Crippen molar-refractivity contribution in [3.63, 3.8) is 0 Å². The van der Waals surface area contributed by atoms with Gasteiger partial charge in [-0.15, -0.1) is 34.0 Å². The normalized spacial score (nSPS) is 16.8. The third-order valence-corrected chi connectivity index (χ3v) is 17.5. The van der Waals surface area contributed by atoms with Crippen LogP contribution in [0.3, 0.4) is 0 Å². The zero-order valence-electron chi connectivity index (χ0n) is 49.3. The molecule has 11 heterocycles. The Morgan fingerprint density at radius 3 is 1.15 bits per heavy atom. The van der Waals surface area contributed by atoms with Crippen molar-refractivity contribution in [1.29, 1.82) is 0 Å². The number of nitrogens with zero attached hydrogens (tertiary/aromatic N) is 14. The van der Waals surface area contributed by atoms with Crippen LogP contribution in [0.5, 0.6) is 0 Å². The van der Waals surface area contributed by atoms with E-state index in [1.807, 2.05) is 27.7 Å². The average Bonchev–Trinajstić information content (AvgIpc) is 2.10. The largest absolute Gasteiger partial charge is 0.476 e. The number of halogens is 3. The Morgan fingerprint density at radius 1 is 0.529 bits per heavy atom. The molecule has 1 aliphatic carbocycles. The third kappa shape index (κ3) is 16.1. The molecule has 458 valence electrons. The summed E-state index contributed by atoms with van der Waals surface area (Å²) in [5.74, 6) is -1.05. The fourth-order valence-corrected chi connectivity index (χ4v) is 12.4. The summed E-state index contributed by atoms with van der Waals surface area (Å²) < 4.78 is 52.7. The van der Waals surface area contributed by atoms with E-state index in [-0.39, 0.29) is 65.7 Å². The van der Waals surface area contributed by atoms with Crippen molar-refractivity contribution in [2.45, 2.75) is 117 Å². The molecule has 2 saturated heterocycles. The van der Waals surface area contributed by atoms with Crippen LogP contribution in [0.2, 0.25) is 0 Å². The fourth-order valence-electron chi connectivity index (χ4n) is 9.88. The number of aromatic carboxylic acids is 1. The van der Waals surface area contributed by atoms with E-state index in [0.717, 1.165) is 47.4 Å². The van der Waals surface area contributed by atoms with E-state index in [9.17, 15) is 32.7 Å². The summed E-state index contributed by atoms with van der Waals surface area (Å²) in [6, 6.07) is 3.19. The van der Waals surface area contributed by atoms with Crippen LogP contribution >= 0.6 is 34.0 Å². The minimum absolute atomic E-state index is 0.0394. The van der Waals surface area contributed by atoms with Gasteiger partial charge in [0.1, 0.15) is 31.6 Å². The molecule has 29 heteroatoms. The van der Waals surface area contributed by atoms with E-state index in [1.54, 1.807) is 50.3 Å². The number of aryl methyl sites for hydroxylation is 3. The maximum absolute atomic E-state index is 13.5. The third-order valence-electron chi connectivity index (χ3n) is 14.6. The molecule has 9 aromatic rings. The first-order valence-corrected chi connectivity index (χ1v) is 30.6. The Bertz CT molecular complexity index is 3740. The molecule has 0 aromatic carbocycles. The monoisotopic (exact) mass is 1250 g/mol. The van der Waals surface area contributed by atoms with Crippen molar-refractivity contribution in [2.24, 2.45) is 5.92 Å². The molecule has 0 spiro atoms. The van der Waals surface area contributed by atoms with Gasteiger partial charge in [-0.3, -0.25) is 24.5 Å². The number of thiazole rings is 3. The van der Waals surface area contributed by atoms with E-state index >= 15 is 0 Å². The number of pyridine rings is 3. The maximum Gasteiger partial charge on any atom is 0.356 e. The summed E-state index contributed by atoms with van der Waals surface area (Å²) in [5.41, 5.74) is 3.71. The Morgan fingerprint density at radius 2 is 0.862 bits per heavy atom. The minimum atomic E-state index is -1.15. The molecule has 23 nitrogen and oxygen atoms in total. The minimum Gasteiger partial charge on any atom is -0.476 e. The van der Waals surface area contributed by atoms with E-state index in [0.29, 0.717) is 90.3 Å². The molecule has 3 fully saturated rings. The highest BCUT2D eigenvalue weighted by Crippen LogP contribution is 2.31. The van der Waals surface area contributed by atoms with Gasteiger partial charge in [0.25, 0.3) is 11.8 Å². The molecule has 0 radical (unpaired) electrons. The molecular formula is C58H66F3N17O6S3. The number of carbonyl (C=O) groups excluding carboxylic acids is 2. The number of rotatable bonds is 14. The summed E-state index contributed by atoms with van der Waals surface area (Å²) in [6.07, 6.45) is 15.7. The Kier molecular flexibility index (Phi) is 20.8. The average molecular weight is 1250 g/mol. The van der Waals surface area contributed by atoms with Crippen molar-refractivity contribution in [3.05, 3.63) is 122 Å². The summed E-state index contributed by atoms with van der Waals surface area (Å²) in [6.45, 7) is 15.6. The molecule has 1 saturated carbocycles. The van der Waals surface area contributed by atoms with Gasteiger partial charge in [-0.1, -0.05) is 32.6 Å². The van der Waals surface area contributed by atoms with Gasteiger partial charge in [0.2, 0.25) is 17.8 Å². The number of hydrogen-bond donors (Lipinski definition) is 4. The van der Waals surface area contributed by atoms with Gasteiger partial charge in [0, 0.05) is 59.0 Å². The second kappa shape index (κ2) is 28.6. The van der Waals surface area contributed by atoms with Crippen LogP contribution in [-0.2, 0) is 9.47 Å². The number of carbonyl (C=O) groups is 3. The molecule has 4 N–H and O–H groups in total. The van der Waals surface area contributed by atoms with E-state index in [4.69, 9.17) is 9.47 Å². The number of aromatic nitrogens is 12. The zero-order valence-corrected chi connectivity index (χ0v) is 51.8. The SMILES string of the molecule is CC1CCCC1.CO[C@H]1CCN(C(=O)c2nc(N[C@@H](C)c3cncc(F)c3)nc3nc(C)sc23)C1.CO[C@H]1CCN(C(=O)c2nc(N[C@@H](C)c3cncc(F)c3)nc3nc(C)sc23)C1.Cc1nc2nc(N[C@@H](C)c3cncc(F)c3)nc(C(=O)O)c2s1. The van der Waals surface area contributed by atoms with Gasteiger partial charge in [-0.25, -0.2) is 47.9 Å². The predicted octanol–water partition coefficient (Wildman–Crippen LogP) is 10.9. The lowest BCUT2D eigenvalue weighted by Gasteiger charge is -2.17. The molecule has 0 unspecified atom stereocenters. The Balaban J connectivity index is 0.000000149. The smallest absolute Gasteiger partial charge is 0.356 e. The summed E-state index contributed by atoms with van der Waals surface area (Å²) in [5, 5.41) is 20.8. The summed E-state index contributed by atoms with van der Waals surface area (Å²) in [4.78, 5) is 91.9. The highest BCUT2D eigenvalue weighted by Gasteiger charge is 2.32. The number of nitrogens with one attached hydrogen (secondary N) is 3. The van der Waals surface area contributed by atoms with E-state index in [2.05, 4.69) is 82.7 Å². The number of methoxy groups -OCH3 is 2. The van der Waals surface area contributed by atoms with Gasteiger partial charge >= 0.3 is 5.97 Å². The van der Waals surface area contributed by atoms with Crippen molar-refractivity contribution in [1.82, 2.24) is 69.6 Å². The van der Waals surface area contributed by atoms with Crippen molar-refractivity contribution in [3.8, 4) is 0 Å². The van der Waals surface area contributed by atoms with Crippen molar-refractivity contribution < 1.29 is 42.1 Å². The number of ether oxygens (including phenoxy) is 2. The maximum atomic E-state index is 13.5. The van der Waals surface area contributed by atoms with Crippen molar-refractivity contribution >= 4 is 101 Å². The van der Waals surface area contributed by atoms with Gasteiger partial charge in [-0.2, -0.15) is 15.0 Å². The van der Waals surface area contributed by atoms with Crippen LogP contribution in [0.15, 0.2) is 55.4 Å². The predicted molar refractivity (Wildman–Crippen MR) is 326 cm³/mol. The highest BCUT2D eigenvalue weighted by molar-refractivity contribution is 7.19. The number of likely N-dealkylation sites (tertiary alicyclic amines) is 2.